The van der Waals surface area contributed by atoms with E-state index < -0.39 is 0 Å². The third kappa shape index (κ3) is 3.15. The van der Waals surface area contributed by atoms with E-state index in [0.29, 0.717) is 12.6 Å². The highest BCUT2D eigenvalue weighted by Crippen LogP contribution is 2.34. The molecule has 0 aromatic carbocycles. The van der Waals surface area contributed by atoms with Gasteiger partial charge in [0.1, 0.15) is 0 Å². The Morgan fingerprint density at radius 3 is 2.89 bits per heavy atom. The second kappa shape index (κ2) is 6.50. The van der Waals surface area contributed by atoms with E-state index in [1.807, 2.05) is 11.0 Å². The smallest absolute Gasteiger partial charge is 0.256 e. The number of nitrogens with two attached hydrogens (primary N) is 1. The number of rotatable bonds is 3. The van der Waals surface area contributed by atoms with Crippen LogP contribution in [0.1, 0.15) is 36.0 Å². The predicted molar refractivity (Wildman–Crippen MR) is 82.1 cm³/mol. The number of hydrogen-bond donors (Lipinski definition) is 1. The highest BCUT2D eigenvalue weighted by atomic mass is 79.9. The van der Waals surface area contributed by atoms with Gasteiger partial charge < -0.3 is 10.6 Å². The van der Waals surface area contributed by atoms with E-state index in [9.17, 15) is 4.79 Å². The molecule has 0 saturated carbocycles. The maximum atomic E-state index is 12.6. The van der Waals surface area contributed by atoms with Crippen LogP contribution >= 0.6 is 43.2 Å². The van der Waals surface area contributed by atoms with E-state index in [4.69, 9.17) is 5.73 Å². The van der Waals surface area contributed by atoms with Crippen molar-refractivity contribution in [1.82, 2.24) is 4.90 Å². The van der Waals surface area contributed by atoms with E-state index in [2.05, 4.69) is 31.9 Å². The minimum Gasteiger partial charge on any atom is -0.336 e. The summed E-state index contributed by atoms with van der Waals surface area (Å²) in [4.78, 5) is 14.6. The lowest BCUT2D eigenvalue weighted by atomic mass is 9.98. The molecule has 1 unspecified atom stereocenters. The SMILES string of the molecule is NCCC1CCCCN1C(=O)c1cc(Br)sc1Br. The molecule has 1 atom stereocenters. The van der Waals surface area contributed by atoms with Gasteiger partial charge in [0.05, 0.1) is 13.1 Å². The van der Waals surface area contributed by atoms with Gasteiger partial charge in [0, 0.05) is 12.6 Å². The van der Waals surface area contributed by atoms with E-state index in [1.54, 1.807) is 0 Å². The average molecular weight is 396 g/mol. The summed E-state index contributed by atoms with van der Waals surface area (Å²) in [7, 11) is 0. The van der Waals surface area contributed by atoms with E-state index in [0.717, 1.165) is 38.9 Å². The normalized spacial score (nSPS) is 20.2. The van der Waals surface area contributed by atoms with Gasteiger partial charge in [-0.2, -0.15) is 0 Å². The molecule has 0 spiro atoms. The molecule has 1 saturated heterocycles. The topological polar surface area (TPSA) is 46.3 Å². The lowest BCUT2D eigenvalue weighted by molar-refractivity contribution is 0.0604. The molecule has 3 nitrogen and oxygen atoms in total. The van der Waals surface area contributed by atoms with Crippen molar-refractivity contribution in [2.75, 3.05) is 13.1 Å². The molecule has 0 radical (unpaired) electrons. The summed E-state index contributed by atoms with van der Waals surface area (Å²) < 4.78 is 1.88. The van der Waals surface area contributed by atoms with Crippen molar-refractivity contribution in [1.29, 1.82) is 0 Å². The summed E-state index contributed by atoms with van der Waals surface area (Å²) in [5, 5.41) is 0. The third-order valence-electron chi connectivity index (χ3n) is 3.27. The predicted octanol–water partition coefficient (Wildman–Crippen LogP) is 3.62. The van der Waals surface area contributed by atoms with Crippen molar-refractivity contribution in [3.63, 3.8) is 0 Å². The number of thiophene rings is 1. The van der Waals surface area contributed by atoms with Gasteiger partial charge in [-0.1, -0.05) is 0 Å². The standard InChI is InChI=1S/C12H16Br2N2OS/c13-10-7-9(11(14)18-10)12(17)16-6-2-1-3-8(16)4-5-15/h7-8H,1-6,15H2. The molecule has 0 bridgehead atoms. The fraction of sp³-hybridized carbons (Fsp3) is 0.583. The van der Waals surface area contributed by atoms with Crippen molar-refractivity contribution in [3.05, 3.63) is 19.2 Å². The largest absolute Gasteiger partial charge is 0.336 e. The summed E-state index contributed by atoms with van der Waals surface area (Å²) in [5.41, 5.74) is 6.40. The zero-order chi connectivity index (χ0) is 13.1. The van der Waals surface area contributed by atoms with Gasteiger partial charge >= 0.3 is 0 Å². The van der Waals surface area contributed by atoms with Gasteiger partial charge in [0.15, 0.2) is 0 Å². The van der Waals surface area contributed by atoms with Gasteiger partial charge in [-0.25, -0.2) is 0 Å². The minimum atomic E-state index is 0.127. The number of carbonyl (C=O) groups is 1. The third-order valence-corrected chi connectivity index (χ3v) is 5.61. The van der Waals surface area contributed by atoms with Crippen LogP contribution in [0.15, 0.2) is 13.6 Å². The molecule has 1 aliphatic heterocycles. The van der Waals surface area contributed by atoms with Gasteiger partial charge in [-0.15, -0.1) is 11.3 Å². The quantitative estimate of drug-likeness (QED) is 0.849. The molecule has 1 fully saturated rings. The van der Waals surface area contributed by atoms with Crippen LogP contribution in [0.5, 0.6) is 0 Å². The Morgan fingerprint density at radius 2 is 2.28 bits per heavy atom. The van der Waals surface area contributed by atoms with E-state index >= 15 is 0 Å². The van der Waals surface area contributed by atoms with Crippen LogP contribution in [0.25, 0.3) is 0 Å². The van der Waals surface area contributed by atoms with Gasteiger partial charge in [-0.05, 0) is 70.2 Å². The van der Waals surface area contributed by atoms with E-state index in [-0.39, 0.29) is 5.91 Å². The van der Waals surface area contributed by atoms with Crippen molar-refractivity contribution in [2.24, 2.45) is 5.73 Å². The molecule has 18 heavy (non-hydrogen) atoms. The molecular formula is C12H16Br2N2OS. The average Bonchev–Trinajstić information content (AvgIpc) is 2.69. The molecular weight excluding hydrogens is 380 g/mol. The fourth-order valence-corrected chi connectivity index (χ4v) is 5.18. The number of nitrogens with zero attached hydrogens (tertiary/aromatic N) is 1. The van der Waals surface area contributed by atoms with Crippen molar-refractivity contribution in [2.45, 2.75) is 31.7 Å². The van der Waals surface area contributed by atoms with Crippen molar-refractivity contribution in [3.8, 4) is 0 Å². The molecule has 2 rings (SSSR count). The summed E-state index contributed by atoms with van der Waals surface area (Å²) in [6.45, 7) is 1.49. The number of hydrogen-bond acceptors (Lipinski definition) is 3. The summed E-state index contributed by atoms with van der Waals surface area (Å²) in [5.74, 6) is 0.127. The first-order valence-electron chi connectivity index (χ1n) is 6.09. The minimum absolute atomic E-state index is 0.127. The number of piperidine rings is 1. The number of halogens is 2. The summed E-state index contributed by atoms with van der Waals surface area (Å²) >= 11 is 8.42. The van der Waals surface area contributed by atoms with Gasteiger partial charge in [0.25, 0.3) is 5.91 Å². The Morgan fingerprint density at radius 1 is 1.50 bits per heavy atom. The monoisotopic (exact) mass is 394 g/mol. The molecule has 1 aromatic heterocycles. The molecule has 2 heterocycles. The Labute approximate surface area is 128 Å². The van der Waals surface area contributed by atoms with Gasteiger partial charge in [0.2, 0.25) is 0 Å². The lowest BCUT2D eigenvalue weighted by Crippen LogP contribution is -2.44. The van der Waals surface area contributed by atoms with Crippen LogP contribution < -0.4 is 5.73 Å². The van der Waals surface area contributed by atoms with E-state index in [1.165, 1.54) is 17.8 Å². The van der Waals surface area contributed by atoms with Crippen LogP contribution in [0, 0.1) is 0 Å². The second-order valence-corrected chi connectivity index (χ2v) is 8.21. The maximum absolute atomic E-state index is 12.6. The zero-order valence-electron chi connectivity index (χ0n) is 9.99. The second-order valence-electron chi connectivity index (χ2n) is 4.46. The molecule has 1 aromatic rings. The van der Waals surface area contributed by atoms with Crippen LogP contribution in [-0.4, -0.2) is 29.9 Å². The Bertz CT molecular complexity index is 434. The molecule has 2 N–H and O–H groups in total. The van der Waals surface area contributed by atoms with Crippen LogP contribution in [0.2, 0.25) is 0 Å². The molecule has 6 heteroatoms. The van der Waals surface area contributed by atoms with Crippen LogP contribution in [0.4, 0.5) is 0 Å². The summed E-state index contributed by atoms with van der Waals surface area (Å²) in [6.07, 6.45) is 4.26. The summed E-state index contributed by atoms with van der Waals surface area (Å²) in [6, 6.07) is 2.20. The van der Waals surface area contributed by atoms with Crippen LogP contribution in [0.3, 0.4) is 0 Å². The first-order chi connectivity index (χ1) is 8.63. The molecule has 1 amide bonds. The van der Waals surface area contributed by atoms with Crippen molar-refractivity contribution < 1.29 is 4.79 Å². The fourth-order valence-electron chi connectivity index (χ4n) is 2.40. The first kappa shape index (κ1) is 14.5. The highest BCUT2D eigenvalue weighted by molar-refractivity contribution is 9.12. The maximum Gasteiger partial charge on any atom is 0.256 e. The van der Waals surface area contributed by atoms with Crippen LogP contribution in [-0.2, 0) is 0 Å². The number of carbonyl (C=O) groups excluding carboxylic acids is 1. The zero-order valence-corrected chi connectivity index (χ0v) is 14.0. The molecule has 100 valence electrons. The highest BCUT2D eigenvalue weighted by Gasteiger charge is 2.28. The van der Waals surface area contributed by atoms with Crippen molar-refractivity contribution >= 4 is 49.1 Å². The lowest BCUT2D eigenvalue weighted by Gasteiger charge is -2.35. The Kier molecular flexibility index (Phi) is 5.24. The van der Waals surface area contributed by atoms with Gasteiger partial charge in [-0.3, -0.25) is 4.79 Å². The first-order valence-corrected chi connectivity index (χ1v) is 8.49. The Balaban J connectivity index is 2.18. The molecule has 0 aliphatic carbocycles. The number of amides is 1. The molecule has 1 aliphatic rings. The number of likely N-dealkylation sites (tertiary alicyclic amines) is 1. The Hall–Kier alpha value is 0.0900.